The molecule has 0 saturated carbocycles. The number of hydrogen-bond donors (Lipinski definition) is 1. The van der Waals surface area contributed by atoms with Crippen LogP contribution < -0.4 is 0 Å². The van der Waals surface area contributed by atoms with Crippen molar-refractivity contribution in [2.45, 2.75) is 44.2 Å². The molecule has 0 heterocycles. The summed E-state index contributed by atoms with van der Waals surface area (Å²) in [4.78, 5) is 25.1. The standard InChI is InChI=1S/C28H29BrO7/c1-33-28(32)23(30)24(34-17-20-11-5-2-6-12-20)25(35-18-21-13-7-3-8-14-21)26(27(29)31)36-19-22-15-9-4-10-16-22/h2-16,23-26,30H,17-19H2,1H3/t23-,24+,25-,26+/m0/s1. The number of benzene rings is 3. The van der Waals surface area contributed by atoms with Crippen LogP contribution in [0.1, 0.15) is 16.7 Å². The zero-order valence-corrected chi connectivity index (χ0v) is 21.5. The number of carbonyl (C=O) groups is 2. The SMILES string of the molecule is COC(=O)[C@@H](O)[C@@H](OCc1ccccc1)[C@H](OCc1ccccc1)[C@@H](OCc1ccccc1)C(=O)Br. The zero-order chi connectivity index (χ0) is 25.8. The third-order valence-corrected chi connectivity index (χ3v) is 5.89. The molecule has 0 unspecified atom stereocenters. The molecule has 3 aromatic carbocycles. The molecule has 3 aromatic rings. The van der Waals surface area contributed by atoms with Crippen molar-refractivity contribution in [3.8, 4) is 0 Å². The Bertz CT molecular complexity index is 1060. The zero-order valence-electron chi connectivity index (χ0n) is 19.9. The van der Waals surface area contributed by atoms with Gasteiger partial charge < -0.3 is 24.1 Å². The van der Waals surface area contributed by atoms with Gasteiger partial charge in [-0.3, -0.25) is 4.79 Å². The maximum Gasteiger partial charge on any atom is 0.337 e. The summed E-state index contributed by atoms with van der Waals surface area (Å²) in [7, 11) is 1.17. The lowest BCUT2D eigenvalue weighted by atomic mass is 10.0. The summed E-state index contributed by atoms with van der Waals surface area (Å²) in [5.74, 6) is -0.912. The molecule has 0 amide bonds. The number of carbonyl (C=O) groups excluding carboxylic acids is 2. The monoisotopic (exact) mass is 556 g/mol. The molecule has 36 heavy (non-hydrogen) atoms. The highest BCUT2D eigenvalue weighted by Crippen LogP contribution is 2.23. The van der Waals surface area contributed by atoms with Gasteiger partial charge in [-0.2, -0.15) is 0 Å². The van der Waals surface area contributed by atoms with E-state index in [1.807, 2.05) is 91.0 Å². The lowest BCUT2D eigenvalue weighted by Crippen LogP contribution is -2.53. The third-order valence-electron chi connectivity index (χ3n) is 5.44. The average molecular weight is 557 g/mol. The summed E-state index contributed by atoms with van der Waals surface area (Å²) >= 11 is 3.01. The summed E-state index contributed by atoms with van der Waals surface area (Å²) in [5.41, 5.74) is 2.49. The summed E-state index contributed by atoms with van der Waals surface area (Å²) in [6, 6.07) is 27.9. The quantitative estimate of drug-likeness (QED) is 0.235. The smallest absolute Gasteiger partial charge is 0.337 e. The van der Waals surface area contributed by atoms with Gasteiger partial charge in [-0.25, -0.2) is 4.79 Å². The van der Waals surface area contributed by atoms with Crippen LogP contribution >= 0.6 is 15.9 Å². The average Bonchev–Trinajstić information content (AvgIpc) is 2.92. The first-order valence-electron chi connectivity index (χ1n) is 11.4. The number of esters is 1. The van der Waals surface area contributed by atoms with Gasteiger partial charge >= 0.3 is 5.97 Å². The molecule has 0 bridgehead atoms. The number of rotatable bonds is 14. The lowest BCUT2D eigenvalue weighted by Gasteiger charge is -2.33. The number of aliphatic hydroxyl groups excluding tert-OH is 1. The number of aliphatic hydroxyl groups is 1. The van der Waals surface area contributed by atoms with Gasteiger partial charge in [-0.1, -0.05) is 91.0 Å². The molecule has 1 N–H and O–H groups in total. The molecule has 0 fully saturated rings. The molecule has 4 atom stereocenters. The Morgan fingerprint density at radius 1 is 0.694 bits per heavy atom. The molecule has 0 aromatic heterocycles. The first kappa shape index (κ1) is 27.7. The Balaban J connectivity index is 1.90. The van der Waals surface area contributed by atoms with E-state index in [1.54, 1.807) is 0 Å². The molecular formula is C28H29BrO7. The van der Waals surface area contributed by atoms with E-state index in [2.05, 4.69) is 15.9 Å². The number of methoxy groups -OCH3 is 1. The van der Waals surface area contributed by atoms with Gasteiger partial charge in [-0.05, 0) is 32.6 Å². The van der Waals surface area contributed by atoms with Crippen LogP contribution in [0.2, 0.25) is 0 Å². The lowest BCUT2D eigenvalue weighted by molar-refractivity contribution is -0.192. The first-order chi connectivity index (χ1) is 17.5. The van der Waals surface area contributed by atoms with Crippen molar-refractivity contribution >= 4 is 26.6 Å². The van der Waals surface area contributed by atoms with Crippen molar-refractivity contribution < 1.29 is 33.6 Å². The summed E-state index contributed by atoms with van der Waals surface area (Å²) in [5, 5.41) is 10.9. The Morgan fingerprint density at radius 3 is 1.47 bits per heavy atom. The minimum atomic E-state index is -1.73. The van der Waals surface area contributed by atoms with Crippen LogP contribution in [0, 0.1) is 0 Å². The minimum Gasteiger partial charge on any atom is -0.467 e. The van der Waals surface area contributed by atoms with Gasteiger partial charge in [0.05, 0.1) is 26.9 Å². The first-order valence-corrected chi connectivity index (χ1v) is 12.2. The second-order valence-electron chi connectivity index (χ2n) is 8.01. The maximum atomic E-state index is 12.7. The van der Waals surface area contributed by atoms with Gasteiger partial charge in [0.2, 0.25) is 4.69 Å². The van der Waals surface area contributed by atoms with Crippen molar-refractivity contribution in [2.24, 2.45) is 0 Å². The Morgan fingerprint density at radius 2 is 1.08 bits per heavy atom. The fourth-order valence-electron chi connectivity index (χ4n) is 3.56. The van der Waals surface area contributed by atoms with Crippen LogP contribution in [0.4, 0.5) is 0 Å². The van der Waals surface area contributed by atoms with Crippen LogP contribution in [0.15, 0.2) is 91.0 Å². The van der Waals surface area contributed by atoms with Gasteiger partial charge in [0, 0.05) is 0 Å². The highest BCUT2D eigenvalue weighted by molar-refractivity contribution is 9.18. The number of hydrogen-bond acceptors (Lipinski definition) is 7. The maximum absolute atomic E-state index is 12.7. The molecule has 0 saturated heterocycles. The van der Waals surface area contributed by atoms with Crippen LogP contribution in [0.3, 0.4) is 0 Å². The summed E-state index contributed by atoms with van der Waals surface area (Å²) in [6.45, 7) is 0.260. The fraction of sp³-hybridized carbons (Fsp3) is 0.286. The number of halogens is 1. The van der Waals surface area contributed by atoms with E-state index >= 15 is 0 Å². The Labute approximate surface area is 219 Å². The molecule has 0 radical (unpaired) electrons. The molecule has 0 aliphatic carbocycles. The molecule has 190 valence electrons. The van der Waals surface area contributed by atoms with Crippen molar-refractivity contribution in [1.82, 2.24) is 0 Å². The molecule has 7 nitrogen and oxygen atoms in total. The summed E-state index contributed by atoms with van der Waals surface area (Å²) < 4.78 is 22.4. The predicted octanol–water partition coefficient (Wildman–Crippen LogP) is 4.20. The minimum absolute atomic E-state index is 0.0621. The van der Waals surface area contributed by atoms with Crippen molar-refractivity contribution in [3.05, 3.63) is 108 Å². The van der Waals surface area contributed by atoms with E-state index in [9.17, 15) is 14.7 Å². The largest absolute Gasteiger partial charge is 0.467 e. The van der Waals surface area contributed by atoms with E-state index in [4.69, 9.17) is 18.9 Å². The van der Waals surface area contributed by atoms with Crippen molar-refractivity contribution in [3.63, 3.8) is 0 Å². The van der Waals surface area contributed by atoms with Gasteiger partial charge in [0.1, 0.15) is 12.2 Å². The number of ether oxygens (including phenoxy) is 4. The van der Waals surface area contributed by atoms with Gasteiger partial charge in [-0.15, -0.1) is 0 Å². The van der Waals surface area contributed by atoms with E-state index in [-0.39, 0.29) is 19.8 Å². The topological polar surface area (TPSA) is 91.3 Å². The van der Waals surface area contributed by atoms with E-state index in [0.717, 1.165) is 16.7 Å². The second-order valence-corrected chi connectivity index (χ2v) is 8.79. The van der Waals surface area contributed by atoms with Crippen LogP contribution in [0.5, 0.6) is 0 Å². The van der Waals surface area contributed by atoms with Gasteiger partial charge in [0.25, 0.3) is 0 Å². The normalized spacial score (nSPS) is 14.4. The molecule has 0 aliphatic rings. The Hall–Kier alpha value is -2.88. The van der Waals surface area contributed by atoms with Crippen LogP contribution in [-0.2, 0) is 48.4 Å². The van der Waals surface area contributed by atoms with E-state index in [0.29, 0.717) is 0 Å². The van der Waals surface area contributed by atoms with Crippen molar-refractivity contribution in [2.75, 3.05) is 7.11 Å². The molecule has 8 heteroatoms. The second kappa shape index (κ2) is 14.6. The summed E-state index contributed by atoms with van der Waals surface area (Å²) in [6.07, 6.45) is -5.36. The highest BCUT2D eigenvalue weighted by atomic mass is 79.9. The molecule has 0 aliphatic heterocycles. The highest BCUT2D eigenvalue weighted by Gasteiger charge is 2.43. The third kappa shape index (κ3) is 8.36. The van der Waals surface area contributed by atoms with Crippen LogP contribution in [0.25, 0.3) is 0 Å². The van der Waals surface area contributed by atoms with Crippen LogP contribution in [-0.4, -0.2) is 47.3 Å². The fourth-order valence-corrected chi connectivity index (χ4v) is 3.95. The van der Waals surface area contributed by atoms with E-state index in [1.165, 1.54) is 7.11 Å². The molecular weight excluding hydrogens is 528 g/mol. The van der Waals surface area contributed by atoms with Gasteiger partial charge in [0.15, 0.2) is 12.2 Å². The van der Waals surface area contributed by atoms with Crippen molar-refractivity contribution in [1.29, 1.82) is 0 Å². The predicted molar refractivity (Wildman–Crippen MR) is 137 cm³/mol. The Kier molecular flexibility index (Phi) is 11.3. The molecule has 0 spiro atoms. The molecule has 3 rings (SSSR count). The van der Waals surface area contributed by atoms with E-state index < -0.39 is 35.1 Å².